The molecule has 0 spiro atoms. The predicted molar refractivity (Wildman–Crippen MR) is 81.1 cm³/mol. The second-order valence-electron chi connectivity index (χ2n) is 4.29. The molecule has 1 heterocycles. The van der Waals surface area contributed by atoms with Crippen LogP contribution in [0.25, 0.3) is 11.5 Å². The minimum atomic E-state index is 0.582. The smallest absolute Gasteiger partial charge is 0.229 e. The van der Waals surface area contributed by atoms with Gasteiger partial charge in [0.2, 0.25) is 11.8 Å². The van der Waals surface area contributed by atoms with Crippen LogP contribution in [0.1, 0.15) is 19.4 Å². The van der Waals surface area contributed by atoms with Gasteiger partial charge in [-0.15, -0.1) is 0 Å². The highest BCUT2D eigenvalue weighted by Gasteiger charge is 2.13. The van der Waals surface area contributed by atoms with Crippen LogP contribution < -0.4 is 4.90 Å². The normalized spacial score (nSPS) is 10.5. The Bertz CT molecular complexity index is 603. The van der Waals surface area contributed by atoms with Crippen molar-refractivity contribution in [2.75, 3.05) is 18.0 Å². The molecule has 1 aromatic heterocycles. The molecule has 0 amide bonds. The molecule has 0 saturated carbocycles. The topological polar surface area (TPSA) is 29.3 Å². The van der Waals surface area contributed by atoms with Crippen LogP contribution in [0, 0.1) is 11.6 Å². The fourth-order valence-corrected chi connectivity index (χ4v) is 2.15. The monoisotopic (exact) mass is 274 g/mol. The number of aromatic nitrogens is 1. The molecule has 100 valence electrons. The third-order valence-corrected chi connectivity index (χ3v) is 3.51. The third kappa shape index (κ3) is 2.84. The fraction of sp³-hybridized carbons (Fsp3) is 0.333. The summed E-state index contributed by atoms with van der Waals surface area (Å²) in [6.45, 7) is 7.93. The summed E-state index contributed by atoms with van der Waals surface area (Å²) in [5.41, 5.74) is 1.88. The maximum atomic E-state index is 5.97. The van der Waals surface area contributed by atoms with Crippen LogP contribution in [0.5, 0.6) is 0 Å². The van der Waals surface area contributed by atoms with Crippen molar-refractivity contribution in [2.24, 2.45) is 0 Å². The summed E-state index contributed by atoms with van der Waals surface area (Å²) >= 11 is 5.35. The number of nitrogens with zero attached hydrogens (tertiary/aromatic N) is 2. The molecule has 19 heavy (non-hydrogen) atoms. The summed E-state index contributed by atoms with van der Waals surface area (Å²) in [5, 5.41) is 0. The first kappa shape index (κ1) is 13.7. The lowest BCUT2D eigenvalue weighted by atomic mass is 10.2. The summed E-state index contributed by atoms with van der Waals surface area (Å²) < 4.78 is 6.57. The van der Waals surface area contributed by atoms with Crippen LogP contribution in [0.2, 0.25) is 0 Å². The number of hydrogen-bond donors (Lipinski definition) is 0. The molecule has 1 aromatic carbocycles. The lowest BCUT2D eigenvalue weighted by Crippen LogP contribution is -2.23. The molecule has 2 aromatic rings. The van der Waals surface area contributed by atoms with E-state index in [9.17, 15) is 0 Å². The Labute approximate surface area is 118 Å². The van der Waals surface area contributed by atoms with Crippen molar-refractivity contribution in [3.8, 4) is 11.5 Å². The van der Waals surface area contributed by atoms with Gasteiger partial charge in [0.15, 0.2) is 0 Å². The van der Waals surface area contributed by atoms with E-state index in [4.69, 9.17) is 16.6 Å². The van der Waals surface area contributed by atoms with Crippen LogP contribution >= 0.6 is 12.2 Å². The van der Waals surface area contributed by atoms with Gasteiger partial charge in [0.25, 0.3) is 0 Å². The Balaban J connectivity index is 2.57. The molecule has 0 aliphatic heterocycles. The van der Waals surface area contributed by atoms with Crippen LogP contribution in [0.3, 0.4) is 0 Å². The SMILES string of the molecule is CCN(CC)c1oc(-c2ccccc2)nc(=S)c1C. The van der Waals surface area contributed by atoms with Crippen LogP contribution in [-0.2, 0) is 0 Å². The number of anilines is 1. The Morgan fingerprint density at radius 3 is 2.37 bits per heavy atom. The van der Waals surface area contributed by atoms with E-state index < -0.39 is 0 Å². The molecule has 0 unspecified atom stereocenters. The highest BCUT2D eigenvalue weighted by molar-refractivity contribution is 7.71. The largest absolute Gasteiger partial charge is 0.422 e. The molecule has 4 heteroatoms. The Morgan fingerprint density at radius 2 is 1.79 bits per heavy atom. The van der Waals surface area contributed by atoms with E-state index in [1.54, 1.807) is 0 Å². The molecule has 2 rings (SSSR count). The highest BCUT2D eigenvalue weighted by Crippen LogP contribution is 2.26. The van der Waals surface area contributed by atoms with E-state index in [0.717, 1.165) is 30.1 Å². The van der Waals surface area contributed by atoms with Gasteiger partial charge in [-0.05, 0) is 32.9 Å². The van der Waals surface area contributed by atoms with Gasteiger partial charge in [-0.2, -0.15) is 0 Å². The molecule has 0 aliphatic carbocycles. The summed E-state index contributed by atoms with van der Waals surface area (Å²) in [5.74, 6) is 1.40. The van der Waals surface area contributed by atoms with Gasteiger partial charge in [0.05, 0.1) is 0 Å². The molecule has 0 fully saturated rings. The molecule has 0 radical (unpaired) electrons. The molecule has 0 bridgehead atoms. The van der Waals surface area contributed by atoms with E-state index in [1.807, 2.05) is 37.3 Å². The first-order chi connectivity index (χ1) is 9.17. The lowest BCUT2D eigenvalue weighted by molar-refractivity contribution is 0.525. The molecule has 3 nitrogen and oxygen atoms in total. The molecule has 0 N–H and O–H groups in total. The summed E-state index contributed by atoms with van der Waals surface area (Å²) in [4.78, 5) is 6.53. The van der Waals surface area contributed by atoms with Crippen LogP contribution in [0.4, 0.5) is 5.88 Å². The number of benzene rings is 1. The van der Waals surface area contributed by atoms with E-state index in [2.05, 4.69) is 23.7 Å². The molecular weight excluding hydrogens is 256 g/mol. The molecule has 0 atom stereocenters. The van der Waals surface area contributed by atoms with Crippen LogP contribution in [0.15, 0.2) is 34.7 Å². The molecular formula is C15H18N2OS. The summed E-state index contributed by atoms with van der Waals surface area (Å²) in [6.07, 6.45) is 0. The van der Waals surface area contributed by atoms with E-state index >= 15 is 0 Å². The second kappa shape index (κ2) is 5.97. The summed E-state index contributed by atoms with van der Waals surface area (Å²) in [6, 6.07) is 9.85. The average molecular weight is 274 g/mol. The van der Waals surface area contributed by atoms with Crippen molar-refractivity contribution >= 4 is 18.1 Å². The first-order valence-corrected chi connectivity index (χ1v) is 6.90. The van der Waals surface area contributed by atoms with Gasteiger partial charge in [-0.1, -0.05) is 30.4 Å². The molecule has 0 aliphatic rings. The Kier molecular flexibility index (Phi) is 4.32. The predicted octanol–water partition coefficient (Wildman–Crippen LogP) is 4.23. The molecule has 0 saturated heterocycles. The van der Waals surface area contributed by atoms with Gasteiger partial charge >= 0.3 is 0 Å². The van der Waals surface area contributed by atoms with Gasteiger partial charge in [0.1, 0.15) is 4.64 Å². The van der Waals surface area contributed by atoms with Gasteiger partial charge in [-0.25, -0.2) is 4.98 Å². The van der Waals surface area contributed by atoms with E-state index in [0.29, 0.717) is 10.5 Å². The van der Waals surface area contributed by atoms with Crippen LogP contribution in [-0.4, -0.2) is 18.1 Å². The van der Waals surface area contributed by atoms with Gasteiger partial charge < -0.3 is 9.32 Å². The Morgan fingerprint density at radius 1 is 1.16 bits per heavy atom. The number of rotatable bonds is 4. The van der Waals surface area contributed by atoms with Crippen molar-refractivity contribution < 1.29 is 4.42 Å². The minimum absolute atomic E-state index is 0.582. The maximum absolute atomic E-state index is 5.97. The third-order valence-electron chi connectivity index (χ3n) is 3.11. The Hall–Kier alpha value is -1.68. The fourth-order valence-electron chi connectivity index (χ4n) is 1.98. The zero-order chi connectivity index (χ0) is 13.8. The standard InChI is InChI=1S/C15H18N2OS/c1-4-17(5-2)15-11(3)14(19)16-13(18-15)12-9-7-6-8-10-12/h6-10H,4-5H2,1-3H3. The first-order valence-electron chi connectivity index (χ1n) is 6.49. The number of hydrogen-bond acceptors (Lipinski definition) is 4. The zero-order valence-electron chi connectivity index (χ0n) is 11.5. The lowest BCUT2D eigenvalue weighted by Gasteiger charge is -2.21. The van der Waals surface area contributed by atoms with Gasteiger partial charge in [-0.3, -0.25) is 0 Å². The van der Waals surface area contributed by atoms with Crippen molar-refractivity contribution in [3.05, 3.63) is 40.5 Å². The average Bonchev–Trinajstić information content (AvgIpc) is 2.45. The highest BCUT2D eigenvalue weighted by atomic mass is 32.1. The second-order valence-corrected chi connectivity index (χ2v) is 4.68. The van der Waals surface area contributed by atoms with Gasteiger partial charge in [0, 0.05) is 24.2 Å². The van der Waals surface area contributed by atoms with Crippen molar-refractivity contribution in [1.29, 1.82) is 0 Å². The van der Waals surface area contributed by atoms with E-state index in [-0.39, 0.29) is 0 Å². The van der Waals surface area contributed by atoms with Crippen molar-refractivity contribution in [3.63, 3.8) is 0 Å². The summed E-state index contributed by atoms with van der Waals surface area (Å²) in [7, 11) is 0. The minimum Gasteiger partial charge on any atom is -0.422 e. The van der Waals surface area contributed by atoms with E-state index in [1.165, 1.54) is 0 Å². The van der Waals surface area contributed by atoms with Crippen molar-refractivity contribution in [1.82, 2.24) is 4.98 Å². The zero-order valence-corrected chi connectivity index (χ0v) is 12.3. The quantitative estimate of drug-likeness (QED) is 0.780. The van der Waals surface area contributed by atoms with Crippen molar-refractivity contribution in [2.45, 2.75) is 20.8 Å². The maximum Gasteiger partial charge on any atom is 0.229 e.